The van der Waals surface area contributed by atoms with E-state index in [1.165, 1.54) is 37.7 Å². The van der Waals surface area contributed by atoms with Crippen molar-refractivity contribution in [2.75, 3.05) is 0 Å². The fourth-order valence-corrected chi connectivity index (χ4v) is 2.53. The van der Waals surface area contributed by atoms with Gasteiger partial charge in [-0.2, -0.15) is 0 Å². The molecule has 3 heteroatoms. The van der Waals surface area contributed by atoms with Gasteiger partial charge < -0.3 is 10.2 Å². The molecule has 3 N–H and O–H groups in total. The second kappa shape index (κ2) is 4.73. The highest BCUT2D eigenvalue weighted by molar-refractivity contribution is 5.92. The van der Waals surface area contributed by atoms with Gasteiger partial charge in [-0.15, -0.1) is 0 Å². The number of furan rings is 1. The number of aryl methyl sites for hydroxylation is 1. The minimum atomic E-state index is 0.0450. The SMILES string of the molecule is CCCCC1CCCc2oc(C(=N)N)cc21. The van der Waals surface area contributed by atoms with Crippen LogP contribution in [0.25, 0.3) is 0 Å². The van der Waals surface area contributed by atoms with Gasteiger partial charge in [0, 0.05) is 6.42 Å². The summed E-state index contributed by atoms with van der Waals surface area (Å²) in [6.07, 6.45) is 7.20. The van der Waals surface area contributed by atoms with Gasteiger partial charge in [-0.25, -0.2) is 0 Å². The molecule has 3 nitrogen and oxygen atoms in total. The highest BCUT2D eigenvalue weighted by Crippen LogP contribution is 2.36. The quantitative estimate of drug-likeness (QED) is 0.604. The van der Waals surface area contributed by atoms with Crippen LogP contribution in [0.15, 0.2) is 10.5 Å². The van der Waals surface area contributed by atoms with Crippen molar-refractivity contribution in [3.8, 4) is 0 Å². The average Bonchev–Trinajstić information content (AvgIpc) is 2.70. The molecule has 0 fully saturated rings. The summed E-state index contributed by atoms with van der Waals surface area (Å²) in [6.45, 7) is 2.22. The smallest absolute Gasteiger partial charge is 0.168 e. The normalized spacial score (nSPS) is 19.4. The molecule has 2 rings (SSSR count). The Labute approximate surface area is 96.5 Å². The van der Waals surface area contributed by atoms with Gasteiger partial charge in [0.2, 0.25) is 0 Å². The molecule has 0 bridgehead atoms. The largest absolute Gasteiger partial charge is 0.458 e. The number of hydrogen-bond donors (Lipinski definition) is 2. The molecule has 1 aromatic heterocycles. The van der Waals surface area contributed by atoms with Crippen LogP contribution in [0.2, 0.25) is 0 Å². The van der Waals surface area contributed by atoms with Crippen LogP contribution >= 0.6 is 0 Å². The van der Waals surface area contributed by atoms with Gasteiger partial charge in [-0.05, 0) is 36.8 Å². The summed E-state index contributed by atoms with van der Waals surface area (Å²) in [6, 6.07) is 1.98. The van der Waals surface area contributed by atoms with Crippen molar-refractivity contribution in [1.82, 2.24) is 0 Å². The third kappa shape index (κ3) is 2.13. The van der Waals surface area contributed by atoms with E-state index in [0.29, 0.717) is 11.7 Å². The van der Waals surface area contributed by atoms with Crippen LogP contribution in [0, 0.1) is 5.41 Å². The second-order valence-corrected chi connectivity index (χ2v) is 4.63. The van der Waals surface area contributed by atoms with E-state index in [9.17, 15) is 0 Å². The van der Waals surface area contributed by atoms with Gasteiger partial charge in [0.05, 0.1) is 0 Å². The van der Waals surface area contributed by atoms with E-state index < -0.39 is 0 Å². The molecule has 1 atom stereocenters. The second-order valence-electron chi connectivity index (χ2n) is 4.63. The summed E-state index contributed by atoms with van der Waals surface area (Å²) in [5.41, 5.74) is 6.77. The Balaban J connectivity index is 2.20. The van der Waals surface area contributed by atoms with Crippen molar-refractivity contribution in [2.24, 2.45) is 5.73 Å². The van der Waals surface area contributed by atoms with Crippen molar-refractivity contribution in [3.63, 3.8) is 0 Å². The molecule has 0 aliphatic heterocycles. The molecule has 0 amide bonds. The van der Waals surface area contributed by atoms with Gasteiger partial charge in [0.1, 0.15) is 5.76 Å². The van der Waals surface area contributed by atoms with Crippen molar-refractivity contribution >= 4 is 5.84 Å². The fraction of sp³-hybridized carbons (Fsp3) is 0.615. The molecule has 0 radical (unpaired) electrons. The molecule has 1 unspecified atom stereocenters. The Hall–Kier alpha value is -1.25. The van der Waals surface area contributed by atoms with Crippen LogP contribution in [-0.4, -0.2) is 5.84 Å². The Bertz CT molecular complexity index is 381. The molecule has 1 heterocycles. The predicted octanol–water partition coefficient (Wildman–Crippen LogP) is 3.17. The van der Waals surface area contributed by atoms with Gasteiger partial charge in [-0.3, -0.25) is 5.41 Å². The zero-order chi connectivity index (χ0) is 11.5. The van der Waals surface area contributed by atoms with Crippen LogP contribution in [0.5, 0.6) is 0 Å². The molecule has 0 aromatic carbocycles. The van der Waals surface area contributed by atoms with E-state index in [4.69, 9.17) is 15.6 Å². The maximum atomic E-state index is 7.40. The van der Waals surface area contributed by atoms with E-state index in [1.807, 2.05) is 6.07 Å². The molecule has 0 saturated carbocycles. The zero-order valence-corrected chi connectivity index (χ0v) is 9.88. The Morgan fingerprint density at radius 1 is 1.62 bits per heavy atom. The first-order chi connectivity index (χ1) is 7.72. The van der Waals surface area contributed by atoms with Crippen molar-refractivity contribution in [2.45, 2.75) is 51.4 Å². The first-order valence-corrected chi connectivity index (χ1v) is 6.19. The maximum Gasteiger partial charge on any atom is 0.168 e. The molecule has 88 valence electrons. The number of nitrogens with one attached hydrogen (secondary N) is 1. The standard InChI is InChI=1S/C13H20N2O/c1-2-3-5-9-6-4-7-11-10(9)8-12(16-11)13(14)15/h8-9H,2-7H2,1H3,(H3,14,15). The van der Waals surface area contributed by atoms with Gasteiger partial charge >= 0.3 is 0 Å². The first-order valence-electron chi connectivity index (χ1n) is 6.19. The Kier molecular flexibility index (Phi) is 3.32. The third-order valence-electron chi connectivity index (χ3n) is 3.41. The lowest BCUT2D eigenvalue weighted by atomic mass is 9.84. The predicted molar refractivity (Wildman–Crippen MR) is 64.9 cm³/mol. The van der Waals surface area contributed by atoms with E-state index >= 15 is 0 Å². The fourth-order valence-electron chi connectivity index (χ4n) is 2.53. The van der Waals surface area contributed by atoms with Crippen molar-refractivity contribution in [3.05, 3.63) is 23.2 Å². The molecule has 16 heavy (non-hydrogen) atoms. The first kappa shape index (κ1) is 11.2. The summed E-state index contributed by atoms with van der Waals surface area (Å²) >= 11 is 0. The third-order valence-corrected chi connectivity index (χ3v) is 3.41. The minimum absolute atomic E-state index is 0.0450. The molecular formula is C13H20N2O. The molecule has 0 spiro atoms. The van der Waals surface area contributed by atoms with Crippen LogP contribution in [0.4, 0.5) is 0 Å². The van der Waals surface area contributed by atoms with Gasteiger partial charge in [-0.1, -0.05) is 19.8 Å². The number of nitrogen functional groups attached to an aromatic ring is 1. The van der Waals surface area contributed by atoms with Crippen molar-refractivity contribution in [1.29, 1.82) is 5.41 Å². The number of unbranched alkanes of at least 4 members (excludes halogenated alkanes) is 1. The minimum Gasteiger partial charge on any atom is -0.458 e. The highest BCUT2D eigenvalue weighted by atomic mass is 16.3. The average molecular weight is 220 g/mol. The Morgan fingerprint density at radius 3 is 3.12 bits per heavy atom. The van der Waals surface area contributed by atoms with E-state index in [0.717, 1.165) is 12.2 Å². The van der Waals surface area contributed by atoms with Crippen LogP contribution in [-0.2, 0) is 6.42 Å². The topological polar surface area (TPSA) is 63.0 Å². The van der Waals surface area contributed by atoms with E-state index in [1.54, 1.807) is 0 Å². The number of amidine groups is 1. The lowest BCUT2D eigenvalue weighted by molar-refractivity contribution is 0.430. The van der Waals surface area contributed by atoms with Crippen LogP contribution < -0.4 is 5.73 Å². The zero-order valence-electron chi connectivity index (χ0n) is 9.88. The van der Waals surface area contributed by atoms with E-state index in [2.05, 4.69) is 6.92 Å². The van der Waals surface area contributed by atoms with Gasteiger partial charge in [0.25, 0.3) is 0 Å². The number of fused-ring (bicyclic) bond motifs is 1. The number of rotatable bonds is 4. The van der Waals surface area contributed by atoms with Gasteiger partial charge in [0.15, 0.2) is 11.6 Å². The molecular weight excluding hydrogens is 200 g/mol. The summed E-state index contributed by atoms with van der Waals surface area (Å²) < 4.78 is 5.63. The Morgan fingerprint density at radius 2 is 2.44 bits per heavy atom. The van der Waals surface area contributed by atoms with Crippen LogP contribution in [0.1, 0.15) is 62.0 Å². The monoisotopic (exact) mass is 220 g/mol. The summed E-state index contributed by atoms with van der Waals surface area (Å²) in [5, 5.41) is 7.40. The van der Waals surface area contributed by atoms with E-state index in [-0.39, 0.29) is 5.84 Å². The summed E-state index contributed by atoms with van der Waals surface area (Å²) in [5.74, 6) is 2.29. The number of nitrogens with two attached hydrogens (primary N) is 1. The van der Waals surface area contributed by atoms with Crippen molar-refractivity contribution < 1.29 is 4.42 Å². The molecule has 1 aliphatic carbocycles. The summed E-state index contributed by atoms with van der Waals surface area (Å²) in [7, 11) is 0. The summed E-state index contributed by atoms with van der Waals surface area (Å²) in [4.78, 5) is 0. The van der Waals surface area contributed by atoms with Crippen LogP contribution in [0.3, 0.4) is 0 Å². The lowest BCUT2D eigenvalue weighted by Gasteiger charge is -2.20. The maximum absolute atomic E-state index is 7.40. The molecule has 1 aliphatic rings. The highest BCUT2D eigenvalue weighted by Gasteiger charge is 2.24. The molecule has 1 aromatic rings. The molecule has 0 saturated heterocycles. The number of hydrogen-bond acceptors (Lipinski definition) is 2. The lowest BCUT2D eigenvalue weighted by Crippen LogP contribution is -2.09.